The molecule has 1 aliphatic rings. The molecule has 5 rings (SSSR count). The second kappa shape index (κ2) is 11.8. The topological polar surface area (TPSA) is 110 Å². The quantitative estimate of drug-likeness (QED) is 0.263. The normalized spacial score (nSPS) is 15.6. The molecule has 0 saturated carbocycles. The Morgan fingerprint density at radius 2 is 1.79 bits per heavy atom. The van der Waals surface area contributed by atoms with Crippen molar-refractivity contribution >= 4 is 33.7 Å². The lowest BCUT2D eigenvalue weighted by Crippen LogP contribution is -2.57. The number of rotatable bonds is 7. The van der Waals surface area contributed by atoms with Crippen molar-refractivity contribution in [1.82, 2.24) is 14.4 Å². The van der Waals surface area contributed by atoms with Gasteiger partial charge in [-0.25, -0.2) is 14.2 Å². The van der Waals surface area contributed by atoms with Gasteiger partial charge >= 0.3 is 5.97 Å². The number of fused-ring (bicyclic) bond motifs is 1. The molecule has 1 fully saturated rings. The Morgan fingerprint density at radius 1 is 1.08 bits per heavy atom. The summed E-state index contributed by atoms with van der Waals surface area (Å²) in [7, 11) is 0. The molecule has 0 bridgehead atoms. The molecular weight excluding hydrogens is 516 g/mol. The van der Waals surface area contributed by atoms with Gasteiger partial charge in [0.05, 0.1) is 12.6 Å². The molecule has 3 aromatic carbocycles. The van der Waals surface area contributed by atoms with E-state index in [1.165, 1.54) is 4.41 Å². The standard InChI is InChI=1S/C29H28N4O5S/c1-21(19-28(34)35)33(39(36)37)32-16-14-31(15-17-32)25-11-8-22(9-12-25)5-6-23-7-10-24-3-2-4-26(27(24)20-23)29-30-13-18-38-29/h2-4,7-13,18,20-21H,14-17,19H2,1H3,(H,34,35)(H,36,37). The Bertz CT molecular complexity index is 1540. The average molecular weight is 545 g/mol. The number of piperazine rings is 1. The van der Waals surface area contributed by atoms with Crippen LogP contribution in [0.2, 0.25) is 0 Å². The van der Waals surface area contributed by atoms with Gasteiger partial charge in [-0.3, -0.25) is 9.35 Å². The highest BCUT2D eigenvalue weighted by molar-refractivity contribution is 7.76. The number of carboxylic acids is 1. The Kier molecular flexibility index (Phi) is 8.05. The first kappa shape index (κ1) is 26.6. The summed E-state index contributed by atoms with van der Waals surface area (Å²) < 4.78 is 28.4. The Morgan fingerprint density at radius 3 is 2.46 bits per heavy atom. The molecule has 1 saturated heterocycles. The van der Waals surface area contributed by atoms with Gasteiger partial charge in [-0.1, -0.05) is 30.0 Å². The SMILES string of the molecule is CC(CC(=O)O)N(N1CCN(c2ccc(C#Cc3ccc4cccc(-c5ncco5)c4c3)cc2)CC1)S(=O)O. The predicted octanol–water partition coefficient (Wildman–Crippen LogP) is 4.23. The maximum absolute atomic E-state index is 11.9. The van der Waals surface area contributed by atoms with Crippen molar-refractivity contribution in [2.75, 3.05) is 31.1 Å². The molecule has 0 spiro atoms. The summed E-state index contributed by atoms with van der Waals surface area (Å²) >= 11 is -2.29. The summed E-state index contributed by atoms with van der Waals surface area (Å²) in [4.78, 5) is 17.6. The molecule has 2 atom stereocenters. The van der Waals surface area contributed by atoms with Gasteiger partial charge in [0.2, 0.25) is 17.2 Å². The van der Waals surface area contributed by atoms with Crippen LogP contribution in [0.25, 0.3) is 22.2 Å². The zero-order chi connectivity index (χ0) is 27.4. The molecule has 200 valence electrons. The lowest BCUT2D eigenvalue weighted by Gasteiger charge is -2.41. The number of hydrazine groups is 1. The molecule has 0 radical (unpaired) electrons. The smallest absolute Gasteiger partial charge is 0.305 e. The fourth-order valence-corrected chi connectivity index (χ4v) is 5.55. The molecule has 39 heavy (non-hydrogen) atoms. The molecule has 2 unspecified atom stereocenters. The van der Waals surface area contributed by atoms with E-state index in [2.05, 4.69) is 33.9 Å². The van der Waals surface area contributed by atoms with Gasteiger partial charge in [0.15, 0.2) is 0 Å². The van der Waals surface area contributed by atoms with Crippen molar-refractivity contribution in [2.45, 2.75) is 19.4 Å². The number of anilines is 1. The Labute approximate surface area is 229 Å². The molecule has 0 aliphatic carbocycles. The highest BCUT2D eigenvalue weighted by atomic mass is 32.2. The molecule has 0 amide bonds. The number of aromatic nitrogens is 1. The van der Waals surface area contributed by atoms with Crippen LogP contribution in [0, 0.1) is 11.8 Å². The van der Waals surface area contributed by atoms with E-state index in [0.29, 0.717) is 32.1 Å². The van der Waals surface area contributed by atoms with Crippen molar-refractivity contribution in [3.8, 4) is 23.3 Å². The van der Waals surface area contributed by atoms with Gasteiger partial charge in [-0.05, 0) is 60.2 Å². The van der Waals surface area contributed by atoms with Crippen molar-refractivity contribution < 1.29 is 23.1 Å². The van der Waals surface area contributed by atoms with Crippen LogP contribution in [-0.2, 0) is 16.1 Å². The maximum Gasteiger partial charge on any atom is 0.305 e. The number of nitrogens with zero attached hydrogens (tertiary/aromatic N) is 4. The van der Waals surface area contributed by atoms with Crippen molar-refractivity contribution in [3.63, 3.8) is 0 Å². The van der Waals surface area contributed by atoms with Crippen LogP contribution in [0.4, 0.5) is 5.69 Å². The Hall–Kier alpha value is -4.01. The van der Waals surface area contributed by atoms with E-state index in [4.69, 9.17) is 9.52 Å². The fraction of sp³-hybridized carbons (Fsp3) is 0.241. The van der Waals surface area contributed by atoms with E-state index >= 15 is 0 Å². The first-order valence-electron chi connectivity index (χ1n) is 12.6. The Balaban J connectivity index is 1.25. The van der Waals surface area contributed by atoms with Gasteiger partial charge < -0.3 is 14.4 Å². The molecular formula is C29H28N4O5S. The number of carboxylic acid groups (broad SMARTS) is 1. The third kappa shape index (κ3) is 6.19. The van der Waals surface area contributed by atoms with Crippen molar-refractivity contribution in [1.29, 1.82) is 0 Å². The van der Waals surface area contributed by atoms with Crippen LogP contribution in [-0.4, -0.2) is 66.5 Å². The third-order valence-corrected chi connectivity index (χ3v) is 7.58. The molecule has 1 aliphatic heterocycles. The van der Waals surface area contributed by atoms with E-state index in [-0.39, 0.29) is 6.42 Å². The summed E-state index contributed by atoms with van der Waals surface area (Å²) in [6, 6.07) is 19.5. The minimum atomic E-state index is -2.29. The van der Waals surface area contributed by atoms with E-state index in [1.807, 2.05) is 48.5 Å². The lowest BCUT2D eigenvalue weighted by molar-refractivity contribution is -0.139. The van der Waals surface area contributed by atoms with Crippen LogP contribution >= 0.6 is 0 Å². The molecule has 2 heterocycles. The largest absolute Gasteiger partial charge is 0.481 e. The molecule has 1 aromatic heterocycles. The first-order chi connectivity index (χ1) is 18.9. The van der Waals surface area contributed by atoms with E-state index in [0.717, 1.165) is 33.2 Å². The second-order valence-electron chi connectivity index (χ2n) is 9.30. The van der Waals surface area contributed by atoms with Crippen LogP contribution < -0.4 is 4.90 Å². The highest BCUT2D eigenvalue weighted by Gasteiger charge is 2.30. The van der Waals surface area contributed by atoms with Crippen LogP contribution in [0.15, 0.2) is 77.5 Å². The maximum atomic E-state index is 11.9. The number of oxazole rings is 1. The number of hydrogen-bond donors (Lipinski definition) is 2. The highest BCUT2D eigenvalue weighted by Crippen LogP contribution is 2.28. The second-order valence-corrected chi connectivity index (χ2v) is 10.1. The van der Waals surface area contributed by atoms with Crippen LogP contribution in [0.3, 0.4) is 0 Å². The fourth-order valence-electron chi connectivity index (χ4n) is 4.81. The summed E-state index contributed by atoms with van der Waals surface area (Å²) in [6.07, 6.45) is 2.99. The van der Waals surface area contributed by atoms with Crippen LogP contribution in [0.1, 0.15) is 24.5 Å². The number of benzene rings is 3. The van der Waals surface area contributed by atoms with Gasteiger partial charge in [-0.2, -0.15) is 0 Å². The first-order valence-corrected chi connectivity index (χ1v) is 13.6. The number of hydrogen-bond acceptors (Lipinski definition) is 6. The number of aliphatic carboxylic acids is 1. The lowest BCUT2D eigenvalue weighted by atomic mass is 10.0. The molecule has 9 nitrogen and oxygen atoms in total. The predicted molar refractivity (Wildman–Crippen MR) is 150 cm³/mol. The molecule has 4 aromatic rings. The third-order valence-electron chi connectivity index (χ3n) is 6.67. The van der Waals surface area contributed by atoms with Gasteiger partial charge in [-0.15, -0.1) is 4.41 Å². The average Bonchev–Trinajstić information content (AvgIpc) is 3.47. The monoisotopic (exact) mass is 544 g/mol. The van der Waals surface area contributed by atoms with Crippen LogP contribution in [0.5, 0.6) is 0 Å². The van der Waals surface area contributed by atoms with Gasteiger partial charge in [0, 0.05) is 54.6 Å². The summed E-state index contributed by atoms with van der Waals surface area (Å²) in [5.41, 5.74) is 3.75. The van der Waals surface area contributed by atoms with E-state index < -0.39 is 23.3 Å². The molecule has 2 N–H and O–H groups in total. The zero-order valence-corrected chi connectivity index (χ0v) is 22.2. The number of carbonyl (C=O) groups is 1. The van der Waals surface area contributed by atoms with Crippen molar-refractivity contribution in [3.05, 3.63) is 84.3 Å². The van der Waals surface area contributed by atoms with E-state index in [1.54, 1.807) is 24.4 Å². The minimum absolute atomic E-state index is 0.212. The van der Waals surface area contributed by atoms with Crippen molar-refractivity contribution in [2.24, 2.45) is 0 Å². The summed E-state index contributed by atoms with van der Waals surface area (Å²) in [5, 5.41) is 12.9. The van der Waals surface area contributed by atoms with Gasteiger partial charge in [0.25, 0.3) is 0 Å². The summed E-state index contributed by atoms with van der Waals surface area (Å²) in [6.45, 7) is 3.94. The summed E-state index contributed by atoms with van der Waals surface area (Å²) in [5.74, 6) is 6.07. The molecule has 10 heteroatoms. The minimum Gasteiger partial charge on any atom is -0.481 e. The zero-order valence-electron chi connectivity index (χ0n) is 21.4. The van der Waals surface area contributed by atoms with E-state index in [9.17, 15) is 13.6 Å². The van der Waals surface area contributed by atoms with Gasteiger partial charge in [0.1, 0.15) is 6.26 Å².